The summed E-state index contributed by atoms with van der Waals surface area (Å²) >= 11 is 1.21. The van der Waals surface area contributed by atoms with Crippen molar-refractivity contribution in [2.75, 3.05) is 11.9 Å². The van der Waals surface area contributed by atoms with Crippen molar-refractivity contribution in [3.05, 3.63) is 60.2 Å². The Bertz CT molecular complexity index is 769. The molecule has 0 radical (unpaired) electrons. The van der Waals surface area contributed by atoms with Gasteiger partial charge in [0.15, 0.2) is 0 Å². The van der Waals surface area contributed by atoms with Crippen molar-refractivity contribution in [3.8, 4) is 5.75 Å². The van der Waals surface area contributed by atoms with Crippen LogP contribution in [0.15, 0.2) is 54.6 Å². The van der Waals surface area contributed by atoms with Crippen LogP contribution in [0.4, 0.5) is 5.69 Å². The summed E-state index contributed by atoms with van der Waals surface area (Å²) in [6, 6.07) is 15.8. The SMILES string of the molecule is CCOP(=O)(Oc1cccc(NC(=O)c2ccccc2)c1)SC(C)CC. The minimum Gasteiger partial charge on any atom is -0.417 e. The number of amides is 1. The summed E-state index contributed by atoms with van der Waals surface area (Å²) in [5.41, 5.74) is 1.12. The second-order valence-electron chi connectivity index (χ2n) is 5.63. The van der Waals surface area contributed by atoms with Crippen LogP contribution in [0.1, 0.15) is 37.6 Å². The van der Waals surface area contributed by atoms with E-state index < -0.39 is 6.80 Å². The van der Waals surface area contributed by atoms with Crippen molar-refractivity contribution in [2.24, 2.45) is 0 Å². The number of anilines is 1. The summed E-state index contributed by atoms with van der Waals surface area (Å²) in [4.78, 5) is 12.3. The van der Waals surface area contributed by atoms with Crippen LogP contribution >= 0.6 is 18.2 Å². The predicted octanol–water partition coefficient (Wildman–Crippen LogP) is 5.99. The normalized spacial score (nSPS) is 14.3. The zero-order valence-corrected chi connectivity index (χ0v) is 16.9. The third kappa shape index (κ3) is 6.20. The zero-order chi connectivity index (χ0) is 19.0. The monoisotopic (exact) mass is 393 g/mol. The summed E-state index contributed by atoms with van der Waals surface area (Å²) < 4.78 is 24.0. The summed E-state index contributed by atoms with van der Waals surface area (Å²) in [5.74, 6) is 0.174. The third-order valence-corrected chi connectivity index (χ3v) is 7.87. The molecule has 26 heavy (non-hydrogen) atoms. The van der Waals surface area contributed by atoms with Gasteiger partial charge in [-0.15, -0.1) is 0 Å². The minimum absolute atomic E-state index is 0.147. The van der Waals surface area contributed by atoms with Gasteiger partial charge in [0.05, 0.1) is 6.61 Å². The van der Waals surface area contributed by atoms with Gasteiger partial charge < -0.3 is 9.84 Å². The quantitative estimate of drug-likeness (QED) is 0.530. The number of hydrogen-bond acceptors (Lipinski definition) is 5. The first-order valence-corrected chi connectivity index (χ1v) is 11.6. The first-order chi connectivity index (χ1) is 12.5. The topological polar surface area (TPSA) is 64.6 Å². The van der Waals surface area contributed by atoms with Crippen molar-refractivity contribution >= 4 is 29.8 Å². The van der Waals surface area contributed by atoms with Crippen LogP contribution in [0.25, 0.3) is 0 Å². The van der Waals surface area contributed by atoms with Gasteiger partial charge in [-0.1, -0.05) is 38.1 Å². The number of benzene rings is 2. The lowest BCUT2D eigenvalue weighted by Gasteiger charge is -2.20. The van der Waals surface area contributed by atoms with Gasteiger partial charge in [-0.3, -0.25) is 9.32 Å². The Labute approximate surface area is 158 Å². The Morgan fingerprint density at radius 3 is 2.54 bits per heavy atom. The maximum Gasteiger partial charge on any atom is 0.440 e. The van der Waals surface area contributed by atoms with E-state index in [9.17, 15) is 9.36 Å². The van der Waals surface area contributed by atoms with Crippen molar-refractivity contribution in [1.82, 2.24) is 0 Å². The van der Waals surface area contributed by atoms with Crippen LogP contribution in [0.2, 0.25) is 0 Å². The molecule has 0 aliphatic carbocycles. The lowest BCUT2D eigenvalue weighted by atomic mass is 10.2. The minimum atomic E-state index is -3.32. The van der Waals surface area contributed by atoms with Crippen LogP contribution < -0.4 is 9.84 Å². The van der Waals surface area contributed by atoms with Crippen molar-refractivity contribution in [1.29, 1.82) is 0 Å². The predicted molar refractivity (Wildman–Crippen MR) is 108 cm³/mol. The molecule has 2 unspecified atom stereocenters. The summed E-state index contributed by atoms with van der Waals surface area (Å²) in [6.45, 7) is 2.76. The highest BCUT2D eigenvalue weighted by Gasteiger charge is 2.29. The van der Waals surface area contributed by atoms with Gasteiger partial charge in [-0.2, -0.15) is 0 Å². The van der Waals surface area contributed by atoms with E-state index in [1.54, 1.807) is 55.5 Å². The average molecular weight is 393 g/mol. The maximum absolute atomic E-state index is 12.9. The Hall–Kier alpha value is -1.75. The highest BCUT2D eigenvalue weighted by atomic mass is 32.7. The van der Waals surface area contributed by atoms with Gasteiger partial charge in [0.1, 0.15) is 5.75 Å². The van der Waals surface area contributed by atoms with Crippen LogP contribution in [-0.4, -0.2) is 17.8 Å². The first kappa shape index (κ1) is 20.6. The molecule has 2 rings (SSSR count). The summed E-state index contributed by atoms with van der Waals surface area (Å²) in [7, 11) is 0. The van der Waals surface area contributed by atoms with Gasteiger partial charge in [0, 0.05) is 22.6 Å². The Balaban J connectivity index is 2.12. The Morgan fingerprint density at radius 1 is 1.15 bits per heavy atom. The molecule has 1 amide bonds. The Kier molecular flexibility index (Phi) is 7.76. The van der Waals surface area contributed by atoms with Gasteiger partial charge in [-0.05, 0) is 49.0 Å². The van der Waals surface area contributed by atoms with E-state index >= 15 is 0 Å². The molecule has 0 saturated carbocycles. The molecule has 0 heterocycles. The fraction of sp³-hybridized carbons (Fsp3) is 0.316. The van der Waals surface area contributed by atoms with E-state index in [1.165, 1.54) is 11.4 Å². The van der Waals surface area contributed by atoms with E-state index in [1.807, 2.05) is 19.9 Å². The van der Waals surface area contributed by atoms with Gasteiger partial charge >= 0.3 is 6.80 Å². The number of carbonyl (C=O) groups is 1. The van der Waals surface area contributed by atoms with E-state index in [2.05, 4.69) is 5.32 Å². The van der Waals surface area contributed by atoms with E-state index in [0.717, 1.165) is 6.42 Å². The second-order valence-corrected chi connectivity index (χ2v) is 9.95. The molecule has 7 heteroatoms. The van der Waals surface area contributed by atoms with E-state index in [-0.39, 0.29) is 11.2 Å². The van der Waals surface area contributed by atoms with Gasteiger partial charge in [-0.25, -0.2) is 4.57 Å². The maximum atomic E-state index is 12.9. The zero-order valence-electron chi connectivity index (χ0n) is 15.2. The van der Waals surface area contributed by atoms with Crippen molar-refractivity contribution < 1.29 is 18.4 Å². The lowest BCUT2D eigenvalue weighted by Crippen LogP contribution is -2.11. The molecule has 0 spiro atoms. The fourth-order valence-electron chi connectivity index (χ4n) is 2.08. The van der Waals surface area contributed by atoms with E-state index in [0.29, 0.717) is 23.6 Å². The molecule has 2 atom stereocenters. The highest BCUT2D eigenvalue weighted by Crippen LogP contribution is 2.62. The summed E-state index contributed by atoms with van der Waals surface area (Å²) in [5, 5.41) is 2.96. The molecule has 140 valence electrons. The lowest BCUT2D eigenvalue weighted by molar-refractivity contribution is 0.102. The Morgan fingerprint density at radius 2 is 1.88 bits per heavy atom. The second kappa shape index (κ2) is 9.81. The van der Waals surface area contributed by atoms with Crippen LogP contribution in [-0.2, 0) is 9.09 Å². The first-order valence-electron chi connectivity index (χ1n) is 8.54. The van der Waals surface area contributed by atoms with Crippen LogP contribution in [0.5, 0.6) is 5.75 Å². The molecule has 5 nitrogen and oxygen atoms in total. The number of carbonyl (C=O) groups excluding carboxylic acids is 1. The van der Waals surface area contributed by atoms with Crippen molar-refractivity contribution in [2.45, 2.75) is 32.4 Å². The van der Waals surface area contributed by atoms with E-state index in [4.69, 9.17) is 9.05 Å². The number of nitrogens with one attached hydrogen (secondary N) is 1. The molecule has 0 fully saturated rings. The molecule has 1 N–H and O–H groups in total. The molecule has 0 aliphatic rings. The largest absolute Gasteiger partial charge is 0.440 e. The third-order valence-electron chi connectivity index (χ3n) is 3.52. The van der Waals surface area contributed by atoms with Crippen LogP contribution in [0, 0.1) is 0 Å². The van der Waals surface area contributed by atoms with Crippen molar-refractivity contribution in [3.63, 3.8) is 0 Å². The van der Waals surface area contributed by atoms with Gasteiger partial charge in [0.2, 0.25) is 0 Å². The molecule has 2 aromatic carbocycles. The molecule has 0 aliphatic heterocycles. The average Bonchev–Trinajstić information content (AvgIpc) is 2.62. The van der Waals surface area contributed by atoms with Gasteiger partial charge in [0.25, 0.3) is 5.91 Å². The number of rotatable bonds is 9. The fourth-order valence-corrected chi connectivity index (χ4v) is 6.17. The highest BCUT2D eigenvalue weighted by molar-refractivity contribution is 8.55. The molecular formula is C19H24NO4PS. The molecule has 0 saturated heterocycles. The summed E-state index contributed by atoms with van der Waals surface area (Å²) in [6.07, 6.45) is 0.859. The smallest absolute Gasteiger partial charge is 0.417 e. The number of hydrogen-bond donors (Lipinski definition) is 1. The molecular weight excluding hydrogens is 369 g/mol. The standard InChI is InChI=1S/C19H24NO4PS/c1-4-15(3)26-25(22,23-5-2)24-18-13-9-12-17(14-18)20-19(21)16-10-7-6-8-11-16/h6-15H,4-5H2,1-3H3,(H,20,21). The molecule has 0 aromatic heterocycles. The molecule has 0 bridgehead atoms. The molecule has 2 aromatic rings. The van der Waals surface area contributed by atoms with Crippen LogP contribution in [0.3, 0.4) is 0 Å².